The Bertz CT molecular complexity index is 490. The van der Waals surface area contributed by atoms with E-state index in [0.29, 0.717) is 22.8 Å². The molecule has 1 amide bonds. The molecule has 1 aliphatic heterocycles. The predicted octanol–water partition coefficient (Wildman–Crippen LogP) is 3.19. The first-order chi connectivity index (χ1) is 9.45. The summed E-state index contributed by atoms with van der Waals surface area (Å²) in [6.45, 7) is 8.11. The molecule has 0 aromatic heterocycles. The summed E-state index contributed by atoms with van der Waals surface area (Å²) in [6.07, 6.45) is 1.14. The van der Waals surface area contributed by atoms with E-state index in [1.807, 2.05) is 18.2 Å². The maximum atomic E-state index is 11.0. The van der Waals surface area contributed by atoms with Crippen molar-refractivity contribution in [1.29, 1.82) is 0 Å². The summed E-state index contributed by atoms with van der Waals surface area (Å²) in [7, 11) is 0. The van der Waals surface area contributed by atoms with Crippen LogP contribution in [-0.2, 0) is 4.79 Å². The first kappa shape index (κ1) is 15.1. The molecule has 1 aromatic carbocycles. The molecule has 1 aliphatic rings. The third-order valence-corrected chi connectivity index (χ3v) is 3.91. The van der Waals surface area contributed by atoms with Crippen molar-refractivity contribution in [2.75, 3.05) is 23.7 Å². The maximum Gasteiger partial charge on any atom is 0.221 e. The van der Waals surface area contributed by atoms with Crippen molar-refractivity contribution in [1.82, 2.24) is 4.90 Å². The summed E-state index contributed by atoms with van der Waals surface area (Å²) in [5, 5.41) is 6.78. The highest BCUT2D eigenvalue weighted by Gasteiger charge is 2.23. The quantitative estimate of drug-likeness (QED) is 0.896. The number of benzene rings is 1. The van der Waals surface area contributed by atoms with Crippen molar-refractivity contribution in [2.45, 2.75) is 39.3 Å². The maximum absolute atomic E-state index is 11.0. The molecule has 0 aliphatic carbocycles. The molecule has 1 heterocycles. The zero-order valence-corrected chi connectivity index (χ0v) is 13.0. The van der Waals surface area contributed by atoms with Crippen molar-refractivity contribution in [3.63, 3.8) is 0 Å². The Morgan fingerprint density at radius 3 is 2.75 bits per heavy atom. The molecule has 20 heavy (non-hydrogen) atoms. The normalized spacial score (nSPS) is 19.4. The van der Waals surface area contributed by atoms with Crippen LogP contribution in [0.5, 0.6) is 0 Å². The Morgan fingerprint density at radius 2 is 2.20 bits per heavy atom. The van der Waals surface area contributed by atoms with Crippen LogP contribution in [0, 0.1) is 0 Å². The lowest BCUT2D eigenvalue weighted by molar-refractivity contribution is -0.114. The Morgan fingerprint density at radius 1 is 1.45 bits per heavy atom. The average molecular weight is 296 g/mol. The van der Waals surface area contributed by atoms with Crippen LogP contribution in [0.1, 0.15) is 27.2 Å². The van der Waals surface area contributed by atoms with Gasteiger partial charge >= 0.3 is 0 Å². The van der Waals surface area contributed by atoms with Gasteiger partial charge in [-0.25, -0.2) is 0 Å². The van der Waals surface area contributed by atoms with E-state index in [0.717, 1.165) is 25.2 Å². The van der Waals surface area contributed by atoms with E-state index in [4.69, 9.17) is 11.6 Å². The van der Waals surface area contributed by atoms with Crippen LogP contribution in [0.3, 0.4) is 0 Å². The minimum Gasteiger partial charge on any atom is -0.381 e. The Balaban J connectivity index is 1.97. The number of hydrogen-bond acceptors (Lipinski definition) is 3. The van der Waals surface area contributed by atoms with Crippen LogP contribution in [0.2, 0.25) is 5.02 Å². The Labute approximate surface area is 125 Å². The number of likely N-dealkylation sites (tertiary alicyclic amines) is 1. The fourth-order valence-electron chi connectivity index (χ4n) is 2.51. The molecule has 1 saturated heterocycles. The number of hydrogen-bond donors (Lipinski definition) is 2. The van der Waals surface area contributed by atoms with Crippen LogP contribution in [-0.4, -0.2) is 36.0 Å². The Kier molecular flexibility index (Phi) is 4.89. The minimum atomic E-state index is -0.115. The highest BCUT2D eigenvalue weighted by atomic mass is 35.5. The molecular weight excluding hydrogens is 274 g/mol. The highest BCUT2D eigenvalue weighted by molar-refractivity contribution is 6.34. The van der Waals surface area contributed by atoms with Crippen molar-refractivity contribution >= 4 is 28.9 Å². The molecule has 2 N–H and O–H groups in total. The van der Waals surface area contributed by atoms with Crippen LogP contribution in [0.25, 0.3) is 0 Å². The van der Waals surface area contributed by atoms with Crippen LogP contribution < -0.4 is 10.6 Å². The van der Waals surface area contributed by atoms with E-state index in [9.17, 15) is 4.79 Å². The number of rotatable bonds is 4. The topological polar surface area (TPSA) is 44.4 Å². The van der Waals surface area contributed by atoms with E-state index < -0.39 is 0 Å². The third-order valence-electron chi connectivity index (χ3n) is 3.60. The molecular formula is C15H22ClN3O. The monoisotopic (exact) mass is 295 g/mol. The molecule has 5 heteroatoms. The fourth-order valence-corrected chi connectivity index (χ4v) is 2.73. The minimum absolute atomic E-state index is 0.115. The lowest BCUT2D eigenvalue weighted by Gasteiger charge is -2.21. The summed E-state index contributed by atoms with van der Waals surface area (Å²) in [6, 6.07) is 6.70. The van der Waals surface area contributed by atoms with Gasteiger partial charge in [-0.2, -0.15) is 0 Å². The molecule has 0 radical (unpaired) electrons. The lowest BCUT2D eigenvalue weighted by Crippen LogP contribution is -2.31. The zero-order valence-electron chi connectivity index (χ0n) is 12.2. The smallest absolute Gasteiger partial charge is 0.221 e. The lowest BCUT2D eigenvalue weighted by atomic mass is 10.2. The summed E-state index contributed by atoms with van der Waals surface area (Å²) in [4.78, 5) is 13.5. The molecule has 1 aromatic rings. The molecule has 0 spiro atoms. The van der Waals surface area contributed by atoms with Crippen molar-refractivity contribution in [3.05, 3.63) is 23.2 Å². The van der Waals surface area contributed by atoms with Gasteiger partial charge in [0.1, 0.15) is 0 Å². The molecule has 0 bridgehead atoms. The van der Waals surface area contributed by atoms with Gasteiger partial charge in [-0.15, -0.1) is 0 Å². The standard InChI is InChI=1S/C15H22ClN3O/c1-10(2)19-7-6-13(9-19)18-12-4-5-15(14(16)8-12)17-11(3)20/h4-5,8,10,13,18H,6-7,9H2,1-3H3,(H,17,20). The van der Waals surface area contributed by atoms with Crippen molar-refractivity contribution < 1.29 is 4.79 Å². The first-order valence-corrected chi connectivity index (χ1v) is 7.41. The molecule has 1 fully saturated rings. The number of anilines is 2. The predicted molar refractivity (Wildman–Crippen MR) is 84.5 cm³/mol. The zero-order chi connectivity index (χ0) is 14.7. The fraction of sp³-hybridized carbons (Fsp3) is 0.533. The summed E-state index contributed by atoms with van der Waals surface area (Å²) >= 11 is 6.17. The largest absolute Gasteiger partial charge is 0.381 e. The van der Waals surface area contributed by atoms with Crippen LogP contribution in [0.4, 0.5) is 11.4 Å². The molecule has 1 unspecified atom stereocenters. The third kappa shape index (κ3) is 3.87. The second kappa shape index (κ2) is 6.46. The van der Waals surface area contributed by atoms with Gasteiger partial charge in [-0.3, -0.25) is 9.69 Å². The number of amides is 1. The summed E-state index contributed by atoms with van der Waals surface area (Å²) in [5.74, 6) is -0.115. The van der Waals surface area contributed by atoms with Gasteiger partial charge in [-0.05, 0) is 38.5 Å². The molecule has 2 rings (SSSR count). The SMILES string of the molecule is CC(=O)Nc1ccc(NC2CCN(C(C)C)C2)cc1Cl. The van der Waals surface area contributed by atoms with Gasteiger partial charge in [-0.1, -0.05) is 11.6 Å². The van der Waals surface area contributed by atoms with Gasteiger partial charge in [0.2, 0.25) is 5.91 Å². The number of nitrogens with zero attached hydrogens (tertiary/aromatic N) is 1. The second-order valence-electron chi connectivity index (χ2n) is 5.59. The first-order valence-electron chi connectivity index (χ1n) is 7.03. The van der Waals surface area contributed by atoms with E-state index in [2.05, 4.69) is 29.4 Å². The number of carbonyl (C=O) groups is 1. The number of halogens is 1. The molecule has 4 nitrogen and oxygen atoms in total. The van der Waals surface area contributed by atoms with Gasteiger partial charge in [0, 0.05) is 37.8 Å². The summed E-state index contributed by atoms with van der Waals surface area (Å²) < 4.78 is 0. The van der Waals surface area contributed by atoms with E-state index in [1.165, 1.54) is 6.92 Å². The van der Waals surface area contributed by atoms with E-state index in [-0.39, 0.29) is 5.91 Å². The Hall–Kier alpha value is -1.26. The van der Waals surface area contributed by atoms with E-state index >= 15 is 0 Å². The van der Waals surface area contributed by atoms with Crippen LogP contribution in [0.15, 0.2) is 18.2 Å². The van der Waals surface area contributed by atoms with Gasteiger partial charge in [0.15, 0.2) is 0 Å². The molecule has 110 valence electrons. The average Bonchev–Trinajstić information content (AvgIpc) is 2.81. The van der Waals surface area contributed by atoms with Gasteiger partial charge in [0.05, 0.1) is 10.7 Å². The van der Waals surface area contributed by atoms with E-state index in [1.54, 1.807) is 0 Å². The second-order valence-corrected chi connectivity index (χ2v) is 6.00. The van der Waals surface area contributed by atoms with Crippen LogP contribution >= 0.6 is 11.6 Å². The van der Waals surface area contributed by atoms with Crippen molar-refractivity contribution in [2.24, 2.45) is 0 Å². The number of carbonyl (C=O) groups excluding carboxylic acids is 1. The molecule has 0 saturated carbocycles. The van der Waals surface area contributed by atoms with Crippen molar-refractivity contribution in [3.8, 4) is 0 Å². The highest BCUT2D eigenvalue weighted by Crippen LogP contribution is 2.27. The van der Waals surface area contributed by atoms with Gasteiger partial charge < -0.3 is 10.6 Å². The molecule has 1 atom stereocenters. The van der Waals surface area contributed by atoms with Gasteiger partial charge in [0.25, 0.3) is 0 Å². The number of nitrogens with one attached hydrogen (secondary N) is 2. The summed E-state index contributed by atoms with van der Waals surface area (Å²) in [5.41, 5.74) is 1.65.